The third-order valence-corrected chi connectivity index (χ3v) is 2.65. The topological polar surface area (TPSA) is 56.3 Å². The van der Waals surface area contributed by atoms with Gasteiger partial charge >= 0.3 is 0 Å². The average molecular weight is 237 g/mol. The van der Waals surface area contributed by atoms with Crippen LogP contribution in [0.2, 0.25) is 0 Å². The van der Waals surface area contributed by atoms with Gasteiger partial charge in [-0.15, -0.1) is 0 Å². The molecule has 94 valence electrons. The monoisotopic (exact) mass is 237 g/mol. The second-order valence-corrected chi connectivity index (χ2v) is 4.11. The van der Waals surface area contributed by atoms with Crippen molar-refractivity contribution in [2.75, 3.05) is 26.3 Å². The molecule has 1 N–H and O–H groups in total. The van der Waals surface area contributed by atoms with Crippen LogP contribution >= 0.6 is 0 Å². The molecule has 0 saturated carbocycles. The van der Waals surface area contributed by atoms with E-state index in [0.29, 0.717) is 12.5 Å². The Hall–Kier alpha value is -1.20. The molecule has 0 spiro atoms. The van der Waals surface area contributed by atoms with E-state index >= 15 is 0 Å². The lowest BCUT2D eigenvalue weighted by Crippen LogP contribution is -2.41. The van der Waals surface area contributed by atoms with Crippen LogP contribution < -0.4 is 10.1 Å². The summed E-state index contributed by atoms with van der Waals surface area (Å²) in [6.45, 7) is 6.99. The maximum Gasteiger partial charge on any atom is 0.216 e. The van der Waals surface area contributed by atoms with Gasteiger partial charge in [-0.2, -0.15) is 4.98 Å². The zero-order chi connectivity index (χ0) is 12.1. The molecule has 5 heteroatoms. The lowest BCUT2D eigenvalue weighted by Gasteiger charge is -2.23. The van der Waals surface area contributed by atoms with Crippen molar-refractivity contribution in [2.45, 2.75) is 26.4 Å². The van der Waals surface area contributed by atoms with Gasteiger partial charge in [0, 0.05) is 24.8 Å². The van der Waals surface area contributed by atoms with E-state index in [1.807, 2.05) is 13.0 Å². The molecule has 17 heavy (non-hydrogen) atoms. The molecule has 1 aliphatic heterocycles. The van der Waals surface area contributed by atoms with E-state index in [1.165, 1.54) is 0 Å². The Bertz CT molecular complexity index is 365. The van der Waals surface area contributed by atoms with Crippen molar-refractivity contribution in [3.8, 4) is 5.88 Å². The number of aryl methyl sites for hydroxylation is 2. The predicted molar refractivity (Wildman–Crippen MR) is 64.3 cm³/mol. The summed E-state index contributed by atoms with van der Waals surface area (Å²) < 4.78 is 11.2. The first-order chi connectivity index (χ1) is 8.28. The molecule has 1 saturated heterocycles. The van der Waals surface area contributed by atoms with Gasteiger partial charge < -0.3 is 14.8 Å². The van der Waals surface area contributed by atoms with E-state index in [0.717, 1.165) is 37.6 Å². The molecule has 1 aromatic heterocycles. The van der Waals surface area contributed by atoms with Crippen LogP contribution in [0.4, 0.5) is 0 Å². The highest BCUT2D eigenvalue weighted by molar-refractivity contribution is 5.16. The summed E-state index contributed by atoms with van der Waals surface area (Å²) in [6.07, 6.45) is 1.00. The van der Waals surface area contributed by atoms with Crippen molar-refractivity contribution in [1.82, 2.24) is 15.3 Å². The highest BCUT2D eigenvalue weighted by Crippen LogP contribution is 2.10. The SMILES string of the molecule is CCc1cc(OCC2CNCCO2)nc(C)n1. The van der Waals surface area contributed by atoms with Crippen LogP contribution in [0.3, 0.4) is 0 Å². The van der Waals surface area contributed by atoms with Crippen LogP contribution in [0.15, 0.2) is 6.07 Å². The number of rotatable bonds is 4. The summed E-state index contributed by atoms with van der Waals surface area (Å²) in [6, 6.07) is 1.89. The van der Waals surface area contributed by atoms with Gasteiger partial charge in [0.25, 0.3) is 0 Å². The minimum absolute atomic E-state index is 0.115. The molecule has 2 heterocycles. The molecular weight excluding hydrogens is 218 g/mol. The lowest BCUT2D eigenvalue weighted by molar-refractivity contribution is -0.000823. The number of hydrogen-bond donors (Lipinski definition) is 1. The Labute approximate surface area is 102 Å². The quantitative estimate of drug-likeness (QED) is 0.836. The molecular formula is C12H19N3O2. The summed E-state index contributed by atoms with van der Waals surface area (Å²) in [7, 11) is 0. The van der Waals surface area contributed by atoms with Gasteiger partial charge in [0.15, 0.2) is 0 Å². The average Bonchev–Trinajstić information content (AvgIpc) is 2.37. The van der Waals surface area contributed by atoms with E-state index in [4.69, 9.17) is 9.47 Å². The minimum Gasteiger partial charge on any atom is -0.475 e. The van der Waals surface area contributed by atoms with Gasteiger partial charge in [-0.3, -0.25) is 0 Å². The van der Waals surface area contributed by atoms with Crippen molar-refractivity contribution < 1.29 is 9.47 Å². The zero-order valence-corrected chi connectivity index (χ0v) is 10.4. The summed E-state index contributed by atoms with van der Waals surface area (Å²) in [5.41, 5.74) is 1.01. The largest absolute Gasteiger partial charge is 0.475 e. The van der Waals surface area contributed by atoms with Crippen LogP contribution in [-0.4, -0.2) is 42.4 Å². The fraction of sp³-hybridized carbons (Fsp3) is 0.667. The zero-order valence-electron chi connectivity index (χ0n) is 10.4. The van der Waals surface area contributed by atoms with Crippen molar-refractivity contribution in [3.63, 3.8) is 0 Å². The van der Waals surface area contributed by atoms with Crippen LogP contribution in [-0.2, 0) is 11.2 Å². The molecule has 0 aromatic carbocycles. The molecule has 5 nitrogen and oxygen atoms in total. The van der Waals surface area contributed by atoms with Crippen LogP contribution in [0.25, 0.3) is 0 Å². The summed E-state index contributed by atoms with van der Waals surface area (Å²) in [5.74, 6) is 1.39. The number of ether oxygens (including phenoxy) is 2. The summed E-state index contributed by atoms with van der Waals surface area (Å²) in [5, 5.41) is 3.27. The molecule has 0 aliphatic carbocycles. The van der Waals surface area contributed by atoms with Gasteiger partial charge in [0.2, 0.25) is 5.88 Å². The Kier molecular flexibility index (Phi) is 4.28. The first-order valence-corrected chi connectivity index (χ1v) is 6.07. The molecule has 1 fully saturated rings. The van der Waals surface area contributed by atoms with Crippen LogP contribution in [0.1, 0.15) is 18.4 Å². The Balaban J connectivity index is 1.91. The lowest BCUT2D eigenvalue weighted by atomic mass is 10.3. The Morgan fingerprint density at radius 1 is 1.53 bits per heavy atom. The minimum atomic E-state index is 0.115. The molecule has 1 aliphatic rings. The maximum atomic E-state index is 5.65. The second kappa shape index (κ2) is 5.93. The molecule has 2 rings (SSSR count). The normalized spacial score (nSPS) is 20.2. The van der Waals surface area contributed by atoms with E-state index in [9.17, 15) is 0 Å². The first kappa shape index (κ1) is 12.3. The van der Waals surface area contributed by atoms with Gasteiger partial charge in [0.1, 0.15) is 18.5 Å². The molecule has 0 amide bonds. The fourth-order valence-corrected chi connectivity index (χ4v) is 1.76. The van der Waals surface area contributed by atoms with E-state index < -0.39 is 0 Å². The van der Waals surface area contributed by atoms with E-state index in [-0.39, 0.29) is 6.10 Å². The van der Waals surface area contributed by atoms with Gasteiger partial charge in [-0.05, 0) is 13.3 Å². The van der Waals surface area contributed by atoms with E-state index in [2.05, 4.69) is 22.2 Å². The highest BCUT2D eigenvalue weighted by Gasteiger charge is 2.14. The standard InChI is InChI=1S/C12H19N3O2/c1-3-10-6-12(15-9(2)14-10)17-8-11-7-13-4-5-16-11/h6,11,13H,3-5,7-8H2,1-2H3. The third-order valence-electron chi connectivity index (χ3n) is 2.65. The first-order valence-electron chi connectivity index (χ1n) is 6.07. The molecule has 0 bridgehead atoms. The van der Waals surface area contributed by atoms with Gasteiger partial charge in [-0.25, -0.2) is 4.98 Å². The third kappa shape index (κ3) is 3.64. The summed E-state index contributed by atoms with van der Waals surface area (Å²) in [4.78, 5) is 8.57. The Morgan fingerprint density at radius 2 is 2.41 bits per heavy atom. The summed E-state index contributed by atoms with van der Waals surface area (Å²) >= 11 is 0. The van der Waals surface area contributed by atoms with Gasteiger partial charge in [0.05, 0.1) is 6.61 Å². The molecule has 1 atom stereocenters. The fourth-order valence-electron chi connectivity index (χ4n) is 1.76. The van der Waals surface area contributed by atoms with Crippen molar-refractivity contribution in [2.24, 2.45) is 0 Å². The molecule has 1 unspecified atom stereocenters. The van der Waals surface area contributed by atoms with Crippen molar-refractivity contribution >= 4 is 0 Å². The van der Waals surface area contributed by atoms with Crippen molar-refractivity contribution in [1.29, 1.82) is 0 Å². The number of nitrogens with zero attached hydrogens (tertiary/aromatic N) is 2. The predicted octanol–water partition coefficient (Wildman–Crippen LogP) is 0.715. The number of nitrogens with one attached hydrogen (secondary N) is 1. The van der Waals surface area contributed by atoms with Gasteiger partial charge in [-0.1, -0.05) is 6.92 Å². The van der Waals surface area contributed by atoms with Crippen molar-refractivity contribution in [3.05, 3.63) is 17.6 Å². The van der Waals surface area contributed by atoms with Crippen LogP contribution in [0.5, 0.6) is 5.88 Å². The Morgan fingerprint density at radius 3 is 3.12 bits per heavy atom. The smallest absolute Gasteiger partial charge is 0.216 e. The molecule has 0 radical (unpaired) electrons. The van der Waals surface area contributed by atoms with E-state index in [1.54, 1.807) is 0 Å². The van der Waals surface area contributed by atoms with Crippen LogP contribution in [0, 0.1) is 6.92 Å². The maximum absolute atomic E-state index is 5.65. The number of aromatic nitrogens is 2. The molecule has 1 aromatic rings. The number of morpholine rings is 1. The second-order valence-electron chi connectivity index (χ2n) is 4.11. The number of hydrogen-bond acceptors (Lipinski definition) is 5. The highest BCUT2D eigenvalue weighted by atomic mass is 16.5.